The molecule has 4 aromatic rings. The van der Waals surface area contributed by atoms with Gasteiger partial charge >= 0.3 is 5.97 Å². The van der Waals surface area contributed by atoms with Crippen molar-refractivity contribution in [3.8, 4) is 11.4 Å². The van der Waals surface area contributed by atoms with Crippen molar-refractivity contribution in [1.29, 1.82) is 0 Å². The topological polar surface area (TPSA) is 91.1 Å². The molecular formula is C28H28N4O3. The van der Waals surface area contributed by atoms with Crippen LogP contribution < -0.4 is 4.90 Å². The smallest absolute Gasteiger partial charge is 0.329 e. The zero-order valence-corrected chi connectivity index (χ0v) is 20.1. The third-order valence-electron chi connectivity index (χ3n) is 7.61. The van der Waals surface area contributed by atoms with E-state index in [1.165, 1.54) is 18.2 Å². The number of amides is 1. The highest BCUT2D eigenvalue weighted by Crippen LogP contribution is 2.47. The van der Waals surface area contributed by atoms with Crippen molar-refractivity contribution < 1.29 is 14.3 Å². The van der Waals surface area contributed by atoms with Gasteiger partial charge in [0.25, 0.3) is 0 Å². The molecule has 178 valence electrons. The molecule has 7 heteroatoms. The van der Waals surface area contributed by atoms with Crippen molar-refractivity contribution in [2.24, 2.45) is 0 Å². The van der Waals surface area contributed by atoms with E-state index in [1.54, 1.807) is 4.90 Å². The maximum absolute atomic E-state index is 13.8. The summed E-state index contributed by atoms with van der Waals surface area (Å²) in [5.41, 5.74) is 7.45. The molecule has 1 amide bonds. The average Bonchev–Trinajstić information content (AvgIpc) is 3.48. The number of methoxy groups -OCH3 is 1. The van der Waals surface area contributed by atoms with Crippen LogP contribution in [0.1, 0.15) is 42.5 Å². The first-order chi connectivity index (χ1) is 16.9. The minimum atomic E-state index is -0.770. The average molecular weight is 469 g/mol. The number of carbonyl (C=O) groups is 2. The fourth-order valence-corrected chi connectivity index (χ4v) is 5.72. The van der Waals surface area contributed by atoms with Crippen LogP contribution in [0.15, 0.2) is 48.7 Å². The third kappa shape index (κ3) is 3.21. The second kappa shape index (κ2) is 7.83. The molecule has 0 bridgehead atoms. The number of hydrogen-bond acceptors (Lipinski definition) is 4. The van der Waals surface area contributed by atoms with E-state index in [4.69, 9.17) is 4.74 Å². The summed E-state index contributed by atoms with van der Waals surface area (Å²) in [6.07, 6.45) is 5.22. The number of benzene rings is 2. The SMILES string of the molecule is COC(=O)C(Cc1ccccc1)N1C(=O)C(C)(C)c2cc3[nH]c4c(c3cc21)CCCc1cn[nH]c1-4. The molecule has 35 heavy (non-hydrogen) atoms. The molecule has 0 radical (unpaired) electrons. The van der Waals surface area contributed by atoms with Crippen molar-refractivity contribution in [2.45, 2.75) is 51.0 Å². The normalized spacial score (nSPS) is 17.0. The van der Waals surface area contributed by atoms with Crippen LogP contribution in [-0.4, -0.2) is 40.2 Å². The zero-order valence-electron chi connectivity index (χ0n) is 20.1. The molecule has 6 rings (SSSR count). The number of nitrogens with one attached hydrogen (secondary N) is 2. The lowest BCUT2D eigenvalue weighted by molar-refractivity contribution is -0.143. The van der Waals surface area contributed by atoms with E-state index in [-0.39, 0.29) is 5.91 Å². The highest BCUT2D eigenvalue weighted by molar-refractivity contribution is 6.13. The van der Waals surface area contributed by atoms with Crippen LogP contribution in [0, 0.1) is 0 Å². The van der Waals surface area contributed by atoms with E-state index in [9.17, 15) is 9.59 Å². The summed E-state index contributed by atoms with van der Waals surface area (Å²) >= 11 is 0. The number of esters is 1. The molecule has 2 aliphatic rings. The van der Waals surface area contributed by atoms with Gasteiger partial charge in [0.05, 0.1) is 30.1 Å². The molecule has 1 aliphatic heterocycles. The van der Waals surface area contributed by atoms with Gasteiger partial charge in [-0.05, 0) is 67.5 Å². The van der Waals surface area contributed by atoms with Gasteiger partial charge in [0.15, 0.2) is 0 Å². The Kier molecular flexibility index (Phi) is 4.85. The fourth-order valence-electron chi connectivity index (χ4n) is 5.72. The standard InChI is InChI=1S/C28H28N4O3/c1-28(2)20-14-21-19(18-11-7-10-17-15-29-31-24(17)25(18)30-21)13-22(20)32(27(28)34)23(26(33)35-3)12-16-8-5-4-6-9-16/h4-6,8-9,13-15,23,30H,7,10-12H2,1-3H3,(H,29,31). The molecule has 2 N–H and O–H groups in total. The molecule has 7 nitrogen and oxygen atoms in total. The summed E-state index contributed by atoms with van der Waals surface area (Å²) in [7, 11) is 1.38. The summed E-state index contributed by atoms with van der Waals surface area (Å²) in [6, 6.07) is 13.2. The van der Waals surface area contributed by atoms with Crippen molar-refractivity contribution in [1.82, 2.24) is 15.2 Å². The minimum absolute atomic E-state index is 0.0894. The Hall–Kier alpha value is -3.87. The Morgan fingerprint density at radius 1 is 1.17 bits per heavy atom. The fraction of sp³-hybridized carbons (Fsp3) is 0.321. The van der Waals surface area contributed by atoms with E-state index < -0.39 is 17.4 Å². The van der Waals surface area contributed by atoms with Gasteiger partial charge in [0.1, 0.15) is 6.04 Å². The first-order valence-corrected chi connectivity index (χ1v) is 12.1. The van der Waals surface area contributed by atoms with Crippen LogP contribution in [0.5, 0.6) is 0 Å². The molecule has 0 saturated carbocycles. The van der Waals surface area contributed by atoms with Crippen LogP contribution in [-0.2, 0) is 39.0 Å². The summed E-state index contributed by atoms with van der Waals surface area (Å²) in [5.74, 6) is -0.505. The molecule has 0 saturated heterocycles. The molecule has 0 fully saturated rings. The molecule has 1 unspecified atom stereocenters. The highest BCUT2D eigenvalue weighted by Gasteiger charge is 2.49. The molecule has 2 aromatic carbocycles. The Bertz CT molecular complexity index is 1460. The molecular weight excluding hydrogens is 440 g/mol. The number of anilines is 1. The Labute approximate surface area is 203 Å². The number of carbonyl (C=O) groups excluding carboxylic acids is 2. The van der Waals surface area contributed by atoms with Crippen LogP contribution in [0.25, 0.3) is 22.3 Å². The van der Waals surface area contributed by atoms with Crippen molar-refractivity contribution >= 4 is 28.5 Å². The third-order valence-corrected chi connectivity index (χ3v) is 7.61. The lowest BCUT2D eigenvalue weighted by atomic mass is 9.85. The van der Waals surface area contributed by atoms with Gasteiger partial charge in [-0.3, -0.25) is 14.8 Å². The minimum Gasteiger partial charge on any atom is -0.467 e. The maximum atomic E-state index is 13.8. The van der Waals surface area contributed by atoms with Gasteiger partial charge in [0, 0.05) is 23.0 Å². The van der Waals surface area contributed by atoms with Crippen LogP contribution >= 0.6 is 0 Å². The summed E-state index contributed by atoms with van der Waals surface area (Å²) in [6.45, 7) is 3.86. The molecule has 0 spiro atoms. The number of aromatic amines is 2. The lowest BCUT2D eigenvalue weighted by Gasteiger charge is -2.28. The summed E-state index contributed by atoms with van der Waals surface area (Å²) < 4.78 is 5.19. The van der Waals surface area contributed by atoms with Crippen molar-refractivity contribution in [2.75, 3.05) is 12.0 Å². The van der Waals surface area contributed by atoms with Gasteiger partial charge < -0.3 is 9.72 Å². The van der Waals surface area contributed by atoms with Crippen LogP contribution in [0.3, 0.4) is 0 Å². The predicted molar refractivity (Wildman–Crippen MR) is 134 cm³/mol. The largest absolute Gasteiger partial charge is 0.467 e. The number of nitrogens with zero attached hydrogens (tertiary/aromatic N) is 2. The number of aryl methyl sites for hydroxylation is 2. The zero-order chi connectivity index (χ0) is 24.3. The Morgan fingerprint density at radius 2 is 1.97 bits per heavy atom. The molecule has 2 aromatic heterocycles. The molecule has 1 atom stereocenters. The number of hydrogen-bond donors (Lipinski definition) is 2. The quantitative estimate of drug-likeness (QED) is 0.433. The highest BCUT2D eigenvalue weighted by atomic mass is 16.5. The summed E-state index contributed by atoms with van der Waals surface area (Å²) in [5, 5.41) is 8.51. The second-order valence-corrected chi connectivity index (χ2v) is 10.0. The van der Waals surface area contributed by atoms with E-state index >= 15 is 0 Å². The molecule has 1 aliphatic carbocycles. The Morgan fingerprint density at radius 3 is 2.74 bits per heavy atom. The van der Waals surface area contributed by atoms with Gasteiger partial charge in [-0.15, -0.1) is 0 Å². The predicted octanol–water partition coefficient (Wildman–Crippen LogP) is 4.46. The first-order valence-electron chi connectivity index (χ1n) is 12.1. The van der Waals surface area contributed by atoms with Gasteiger partial charge in [-0.25, -0.2) is 4.79 Å². The summed E-state index contributed by atoms with van der Waals surface area (Å²) in [4.78, 5) is 32.1. The van der Waals surface area contributed by atoms with E-state index in [2.05, 4.69) is 27.3 Å². The second-order valence-electron chi connectivity index (χ2n) is 10.0. The maximum Gasteiger partial charge on any atom is 0.329 e. The van der Waals surface area contributed by atoms with E-state index in [0.29, 0.717) is 6.42 Å². The first kappa shape index (κ1) is 21.6. The van der Waals surface area contributed by atoms with E-state index in [0.717, 1.165) is 58.4 Å². The van der Waals surface area contributed by atoms with Crippen molar-refractivity contribution in [3.63, 3.8) is 0 Å². The lowest BCUT2D eigenvalue weighted by Crippen LogP contribution is -2.48. The van der Waals surface area contributed by atoms with Gasteiger partial charge in [-0.2, -0.15) is 5.10 Å². The van der Waals surface area contributed by atoms with Gasteiger partial charge in [0.2, 0.25) is 5.91 Å². The Balaban J connectivity index is 1.53. The van der Waals surface area contributed by atoms with Crippen molar-refractivity contribution in [3.05, 3.63) is 70.9 Å². The number of H-pyrrole nitrogens is 2. The van der Waals surface area contributed by atoms with E-state index in [1.807, 2.05) is 50.4 Å². The number of fused-ring (bicyclic) bond motifs is 6. The number of rotatable bonds is 4. The van der Waals surface area contributed by atoms with Gasteiger partial charge in [-0.1, -0.05) is 30.3 Å². The number of ether oxygens (including phenoxy) is 1. The van der Waals surface area contributed by atoms with Crippen LogP contribution in [0.2, 0.25) is 0 Å². The molecule has 3 heterocycles. The van der Waals surface area contributed by atoms with Crippen LogP contribution in [0.4, 0.5) is 5.69 Å². The monoisotopic (exact) mass is 468 g/mol. The number of aromatic nitrogens is 3.